The van der Waals surface area contributed by atoms with Crippen molar-refractivity contribution in [1.29, 1.82) is 0 Å². The Hall–Kier alpha value is -1.55. The fourth-order valence-corrected chi connectivity index (χ4v) is 1.99. The maximum Gasteiger partial charge on any atom is 0.410 e. The Kier molecular flexibility index (Phi) is 9.47. The van der Waals surface area contributed by atoms with E-state index in [1.165, 1.54) is 0 Å². The number of benzene rings is 1. The Morgan fingerprint density at radius 2 is 2.00 bits per heavy atom. The van der Waals surface area contributed by atoms with Crippen molar-refractivity contribution in [3.63, 3.8) is 0 Å². The van der Waals surface area contributed by atoms with Crippen LogP contribution < -0.4 is 5.73 Å². The van der Waals surface area contributed by atoms with Crippen LogP contribution in [0.4, 0.5) is 4.79 Å². The molecular formula is C16H28N2O2. The maximum atomic E-state index is 11.8. The van der Waals surface area contributed by atoms with Crippen LogP contribution in [0.2, 0.25) is 0 Å². The maximum absolute atomic E-state index is 11.8. The van der Waals surface area contributed by atoms with Gasteiger partial charge in [-0.2, -0.15) is 0 Å². The smallest absolute Gasteiger partial charge is 0.410 e. The third kappa shape index (κ3) is 6.06. The number of amides is 1. The molecule has 1 aliphatic heterocycles. The van der Waals surface area contributed by atoms with Crippen LogP contribution in [-0.4, -0.2) is 30.1 Å². The van der Waals surface area contributed by atoms with Gasteiger partial charge in [0.1, 0.15) is 6.61 Å². The number of nitrogens with two attached hydrogens (primary N) is 1. The highest BCUT2D eigenvalue weighted by molar-refractivity contribution is 5.67. The zero-order valence-electron chi connectivity index (χ0n) is 11.8. The summed E-state index contributed by atoms with van der Waals surface area (Å²) in [4.78, 5) is 13.5. The van der Waals surface area contributed by atoms with Gasteiger partial charge in [-0.1, -0.05) is 51.6 Å². The number of hydrogen-bond acceptors (Lipinski definition) is 3. The SMILES string of the molecule is C.CC.NC1CCCN(C(=O)OCc2ccccc2)C1. The molecule has 0 radical (unpaired) electrons. The van der Waals surface area contributed by atoms with Crippen LogP contribution in [0.25, 0.3) is 0 Å². The van der Waals surface area contributed by atoms with Crippen LogP contribution >= 0.6 is 0 Å². The van der Waals surface area contributed by atoms with Gasteiger partial charge in [-0.05, 0) is 18.4 Å². The molecule has 1 atom stereocenters. The lowest BCUT2D eigenvalue weighted by molar-refractivity contribution is 0.0862. The number of carbonyl (C=O) groups is 1. The van der Waals surface area contributed by atoms with Crippen molar-refractivity contribution in [3.8, 4) is 0 Å². The van der Waals surface area contributed by atoms with Gasteiger partial charge in [0.2, 0.25) is 0 Å². The van der Waals surface area contributed by atoms with Gasteiger partial charge < -0.3 is 15.4 Å². The van der Waals surface area contributed by atoms with Gasteiger partial charge in [-0.3, -0.25) is 0 Å². The third-order valence-electron chi connectivity index (χ3n) is 2.92. The molecule has 0 aliphatic carbocycles. The summed E-state index contributed by atoms with van der Waals surface area (Å²) in [5.41, 5.74) is 6.82. The molecule has 1 amide bonds. The van der Waals surface area contributed by atoms with Crippen molar-refractivity contribution in [3.05, 3.63) is 35.9 Å². The largest absolute Gasteiger partial charge is 0.445 e. The molecule has 0 aromatic heterocycles. The standard InChI is InChI=1S/C13H18N2O2.C2H6.CH4/c14-12-7-4-8-15(9-12)13(16)17-10-11-5-2-1-3-6-11;1-2;/h1-3,5-6,12H,4,7-10,14H2;1-2H3;1H4. The summed E-state index contributed by atoms with van der Waals surface area (Å²) in [5.74, 6) is 0. The molecule has 0 bridgehead atoms. The van der Waals surface area contributed by atoms with E-state index in [1.54, 1.807) is 4.90 Å². The van der Waals surface area contributed by atoms with Crippen LogP contribution in [0.1, 0.15) is 39.7 Å². The summed E-state index contributed by atoms with van der Waals surface area (Å²) in [6, 6.07) is 9.77. The topological polar surface area (TPSA) is 55.6 Å². The molecule has 1 saturated heterocycles. The fraction of sp³-hybridized carbons (Fsp3) is 0.562. The number of likely N-dealkylation sites (tertiary alicyclic amines) is 1. The summed E-state index contributed by atoms with van der Waals surface area (Å²) in [7, 11) is 0. The molecule has 1 aliphatic rings. The molecule has 2 N–H and O–H groups in total. The average molecular weight is 280 g/mol. The van der Waals surface area contributed by atoms with Gasteiger partial charge in [0, 0.05) is 19.1 Å². The van der Waals surface area contributed by atoms with E-state index in [4.69, 9.17) is 10.5 Å². The minimum absolute atomic E-state index is 0. The quantitative estimate of drug-likeness (QED) is 0.903. The number of carbonyl (C=O) groups excluding carboxylic acids is 1. The van der Waals surface area contributed by atoms with Crippen LogP contribution in [0.3, 0.4) is 0 Å². The zero-order valence-corrected chi connectivity index (χ0v) is 11.8. The van der Waals surface area contributed by atoms with Crippen LogP contribution in [0.15, 0.2) is 30.3 Å². The van der Waals surface area contributed by atoms with Crippen molar-refractivity contribution in [2.45, 2.75) is 46.8 Å². The summed E-state index contributed by atoms with van der Waals surface area (Å²) in [6.07, 6.45) is 1.69. The van der Waals surface area contributed by atoms with E-state index in [1.807, 2.05) is 44.2 Å². The zero-order chi connectivity index (χ0) is 14.1. The van der Waals surface area contributed by atoms with Crippen molar-refractivity contribution in [2.75, 3.05) is 13.1 Å². The number of nitrogens with zero attached hydrogens (tertiary/aromatic N) is 1. The molecule has 4 heteroatoms. The molecular weight excluding hydrogens is 252 g/mol. The van der Waals surface area contributed by atoms with Gasteiger partial charge in [0.05, 0.1) is 0 Å². The Balaban J connectivity index is 0.00000115. The second-order valence-corrected chi connectivity index (χ2v) is 4.39. The molecule has 1 heterocycles. The van der Waals surface area contributed by atoms with Crippen LogP contribution in [-0.2, 0) is 11.3 Å². The molecule has 1 fully saturated rings. The Labute approximate surface area is 122 Å². The molecule has 20 heavy (non-hydrogen) atoms. The van der Waals surface area contributed by atoms with E-state index in [-0.39, 0.29) is 19.6 Å². The lowest BCUT2D eigenvalue weighted by Gasteiger charge is -2.29. The number of rotatable bonds is 2. The summed E-state index contributed by atoms with van der Waals surface area (Å²) in [6.45, 7) is 5.68. The van der Waals surface area contributed by atoms with E-state index in [9.17, 15) is 4.79 Å². The van der Waals surface area contributed by atoms with Crippen LogP contribution in [0, 0.1) is 0 Å². The minimum atomic E-state index is -0.260. The highest BCUT2D eigenvalue weighted by Crippen LogP contribution is 2.10. The summed E-state index contributed by atoms with van der Waals surface area (Å²) in [5, 5.41) is 0. The second-order valence-electron chi connectivity index (χ2n) is 4.39. The number of piperidine rings is 1. The van der Waals surface area contributed by atoms with Crippen molar-refractivity contribution >= 4 is 6.09 Å². The lowest BCUT2D eigenvalue weighted by Crippen LogP contribution is -2.45. The normalized spacial score (nSPS) is 17.4. The third-order valence-corrected chi connectivity index (χ3v) is 2.92. The molecule has 1 unspecified atom stereocenters. The van der Waals surface area contributed by atoms with E-state index < -0.39 is 0 Å². The molecule has 1 aromatic rings. The minimum Gasteiger partial charge on any atom is -0.445 e. The van der Waals surface area contributed by atoms with Crippen molar-refractivity contribution < 1.29 is 9.53 Å². The van der Waals surface area contributed by atoms with Crippen molar-refractivity contribution in [1.82, 2.24) is 4.90 Å². The highest BCUT2D eigenvalue weighted by Gasteiger charge is 2.22. The van der Waals surface area contributed by atoms with Crippen molar-refractivity contribution in [2.24, 2.45) is 5.73 Å². The number of ether oxygens (including phenoxy) is 1. The predicted octanol–water partition coefficient (Wildman–Crippen LogP) is 3.41. The molecule has 1 aromatic carbocycles. The first-order chi connectivity index (χ1) is 9.25. The van der Waals surface area contributed by atoms with Crippen LogP contribution in [0.5, 0.6) is 0 Å². The molecule has 114 valence electrons. The summed E-state index contributed by atoms with van der Waals surface area (Å²) < 4.78 is 5.25. The Morgan fingerprint density at radius 1 is 1.35 bits per heavy atom. The van der Waals surface area contributed by atoms with Gasteiger partial charge in [0.25, 0.3) is 0 Å². The first kappa shape index (κ1) is 18.4. The molecule has 0 spiro atoms. The molecule has 2 rings (SSSR count). The van der Waals surface area contributed by atoms with Gasteiger partial charge in [0.15, 0.2) is 0 Å². The average Bonchev–Trinajstić information content (AvgIpc) is 2.48. The molecule has 4 nitrogen and oxygen atoms in total. The fourth-order valence-electron chi connectivity index (χ4n) is 1.99. The van der Waals surface area contributed by atoms with E-state index in [0.29, 0.717) is 13.2 Å². The Morgan fingerprint density at radius 3 is 2.60 bits per heavy atom. The van der Waals surface area contributed by atoms with E-state index in [0.717, 1.165) is 24.9 Å². The predicted molar refractivity (Wildman–Crippen MR) is 83.5 cm³/mol. The second kappa shape index (κ2) is 10.3. The van der Waals surface area contributed by atoms with Gasteiger partial charge in [-0.25, -0.2) is 4.79 Å². The monoisotopic (exact) mass is 280 g/mol. The van der Waals surface area contributed by atoms with Gasteiger partial charge >= 0.3 is 6.09 Å². The highest BCUT2D eigenvalue weighted by atomic mass is 16.6. The van der Waals surface area contributed by atoms with E-state index in [2.05, 4.69) is 0 Å². The lowest BCUT2D eigenvalue weighted by atomic mass is 10.1. The number of hydrogen-bond donors (Lipinski definition) is 1. The molecule has 0 saturated carbocycles. The van der Waals surface area contributed by atoms with Gasteiger partial charge in [-0.15, -0.1) is 0 Å². The van der Waals surface area contributed by atoms with E-state index >= 15 is 0 Å². The first-order valence-electron chi connectivity index (χ1n) is 6.97. The summed E-state index contributed by atoms with van der Waals surface area (Å²) >= 11 is 0. The first-order valence-corrected chi connectivity index (χ1v) is 6.97. The Bertz CT molecular complexity index is 368.